The summed E-state index contributed by atoms with van der Waals surface area (Å²) in [5, 5.41) is 1.21. The van der Waals surface area contributed by atoms with Gasteiger partial charge in [-0.15, -0.1) is 0 Å². The third-order valence-corrected chi connectivity index (χ3v) is 3.07. The molecule has 0 aliphatic rings. The first-order valence-corrected chi connectivity index (χ1v) is 6.18. The van der Waals surface area contributed by atoms with E-state index in [4.69, 9.17) is 0 Å². The highest BCUT2D eigenvalue weighted by Gasteiger charge is 2.05. The lowest BCUT2D eigenvalue weighted by Crippen LogP contribution is -1.97. The molecule has 3 nitrogen and oxygen atoms in total. The third kappa shape index (κ3) is 1.88. The number of fused-ring (bicyclic) bond motifs is 1. The van der Waals surface area contributed by atoms with Crippen LogP contribution in [0.15, 0.2) is 36.5 Å². The second-order valence-corrected chi connectivity index (χ2v) is 4.44. The molecule has 0 aliphatic carbocycles. The van der Waals surface area contributed by atoms with Crippen molar-refractivity contribution >= 4 is 10.9 Å². The van der Waals surface area contributed by atoms with E-state index < -0.39 is 0 Å². The molecule has 2 aromatic heterocycles. The Bertz CT molecular complexity index is 698. The maximum atomic E-state index is 4.59. The summed E-state index contributed by atoms with van der Waals surface area (Å²) in [6, 6.07) is 10.5. The molecule has 18 heavy (non-hydrogen) atoms. The zero-order valence-corrected chi connectivity index (χ0v) is 10.6. The summed E-state index contributed by atoms with van der Waals surface area (Å²) in [5.74, 6) is 0.902. The Labute approximate surface area is 106 Å². The average Bonchev–Trinajstić information content (AvgIpc) is 2.85. The SMILES string of the molecule is CCc1nc(C)cc(-c2ccc3[nH]ccc3c2)n1. The van der Waals surface area contributed by atoms with Gasteiger partial charge in [0.15, 0.2) is 0 Å². The molecule has 0 atom stereocenters. The second-order valence-electron chi connectivity index (χ2n) is 4.44. The zero-order chi connectivity index (χ0) is 12.5. The maximum absolute atomic E-state index is 4.59. The predicted octanol–water partition coefficient (Wildman–Crippen LogP) is 3.50. The van der Waals surface area contributed by atoms with Crippen LogP contribution in [0.4, 0.5) is 0 Å². The first-order chi connectivity index (χ1) is 8.76. The summed E-state index contributed by atoms with van der Waals surface area (Å²) in [6.45, 7) is 4.09. The first-order valence-electron chi connectivity index (χ1n) is 6.18. The van der Waals surface area contributed by atoms with Gasteiger partial charge in [0.25, 0.3) is 0 Å². The number of aromatic nitrogens is 3. The van der Waals surface area contributed by atoms with Crippen LogP contribution in [-0.4, -0.2) is 15.0 Å². The fraction of sp³-hybridized carbons (Fsp3) is 0.200. The van der Waals surface area contributed by atoms with Crippen molar-refractivity contribution in [3.05, 3.63) is 48.0 Å². The lowest BCUT2D eigenvalue weighted by atomic mass is 10.1. The van der Waals surface area contributed by atoms with Gasteiger partial charge < -0.3 is 4.98 Å². The smallest absolute Gasteiger partial charge is 0.128 e. The van der Waals surface area contributed by atoms with Crippen LogP contribution in [0.25, 0.3) is 22.2 Å². The van der Waals surface area contributed by atoms with Gasteiger partial charge in [0.2, 0.25) is 0 Å². The van der Waals surface area contributed by atoms with Crippen LogP contribution in [0.5, 0.6) is 0 Å². The number of H-pyrrole nitrogens is 1. The van der Waals surface area contributed by atoms with Crippen LogP contribution in [0, 0.1) is 6.92 Å². The highest BCUT2D eigenvalue weighted by Crippen LogP contribution is 2.23. The van der Waals surface area contributed by atoms with Gasteiger partial charge in [-0.3, -0.25) is 0 Å². The van der Waals surface area contributed by atoms with Crippen molar-refractivity contribution in [2.24, 2.45) is 0 Å². The minimum absolute atomic E-state index is 0.862. The number of benzene rings is 1. The van der Waals surface area contributed by atoms with Crippen LogP contribution >= 0.6 is 0 Å². The summed E-state index contributed by atoms with van der Waals surface area (Å²) in [6.07, 6.45) is 2.82. The molecular formula is C15H15N3. The van der Waals surface area contributed by atoms with E-state index in [9.17, 15) is 0 Å². The molecule has 2 heterocycles. The maximum Gasteiger partial charge on any atom is 0.128 e. The normalized spacial score (nSPS) is 11.0. The van der Waals surface area contributed by atoms with E-state index in [1.165, 1.54) is 5.39 Å². The molecule has 1 aromatic carbocycles. The van der Waals surface area contributed by atoms with Crippen LogP contribution in [0.1, 0.15) is 18.4 Å². The fourth-order valence-corrected chi connectivity index (χ4v) is 2.15. The van der Waals surface area contributed by atoms with E-state index in [0.717, 1.165) is 34.7 Å². The van der Waals surface area contributed by atoms with E-state index >= 15 is 0 Å². The van der Waals surface area contributed by atoms with Crippen LogP contribution in [0.3, 0.4) is 0 Å². The van der Waals surface area contributed by atoms with Crippen LogP contribution in [0.2, 0.25) is 0 Å². The molecule has 1 N–H and O–H groups in total. The Balaban J connectivity index is 2.15. The Morgan fingerprint density at radius 1 is 1.11 bits per heavy atom. The third-order valence-electron chi connectivity index (χ3n) is 3.07. The molecule has 0 saturated carbocycles. The number of nitrogens with one attached hydrogen (secondary N) is 1. The highest BCUT2D eigenvalue weighted by molar-refractivity contribution is 5.84. The number of rotatable bonds is 2. The minimum atomic E-state index is 0.862. The van der Waals surface area contributed by atoms with Crippen molar-refractivity contribution in [3.8, 4) is 11.3 Å². The molecule has 0 spiro atoms. The highest BCUT2D eigenvalue weighted by atomic mass is 14.9. The van der Waals surface area contributed by atoms with Gasteiger partial charge >= 0.3 is 0 Å². The quantitative estimate of drug-likeness (QED) is 0.741. The largest absolute Gasteiger partial charge is 0.361 e. The molecule has 0 aliphatic heterocycles. The molecule has 3 aromatic rings. The van der Waals surface area contributed by atoms with Gasteiger partial charge in [-0.05, 0) is 31.2 Å². The Kier molecular flexibility index (Phi) is 2.59. The Morgan fingerprint density at radius 3 is 2.83 bits per heavy atom. The lowest BCUT2D eigenvalue weighted by Gasteiger charge is -2.05. The fourth-order valence-electron chi connectivity index (χ4n) is 2.15. The van der Waals surface area contributed by atoms with Crippen molar-refractivity contribution in [2.75, 3.05) is 0 Å². The van der Waals surface area contributed by atoms with Crippen molar-refractivity contribution in [1.29, 1.82) is 0 Å². The van der Waals surface area contributed by atoms with Gasteiger partial charge in [0.05, 0.1) is 5.69 Å². The summed E-state index contributed by atoms with van der Waals surface area (Å²) < 4.78 is 0. The summed E-state index contributed by atoms with van der Waals surface area (Å²) in [4.78, 5) is 12.2. The van der Waals surface area contributed by atoms with E-state index in [1.807, 2.05) is 19.2 Å². The van der Waals surface area contributed by atoms with E-state index in [1.54, 1.807) is 0 Å². The predicted molar refractivity (Wildman–Crippen MR) is 73.4 cm³/mol. The van der Waals surface area contributed by atoms with Gasteiger partial charge in [-0.2, -0.15) is 0 Å². The van der Waals surface area contributed by atoms with Gasteiger partial charge in [-0.1, -0.05) is 13.0 Å². The molecular weight excluding hydrogens is 222 g/mol. The van der Waals surface area contributed by atoms with Crippen molar-refractivity contribution in [1.82, 2.24) is 15.0 Å². The Hall–Kier alpha value is -2.16. The molecule has 0 saturated heterocycles. The molecule has 3 heteroatoms. The average molecular weight is 237 g/mol. The van der Waals surface area contributed by atoms with E-state index in [2.05, 4.69) is 46.1 Å². The molecule has 0 radical (unpaired) electrons. The number of hydrogen-bond acceptors (Lipinski definition) is 2. The standard InChI is InChI=1S/C15H15N3/c1-3-15-17-10(2)8-14(18-15)11-4-5-13-12(9-11)6-7-16-13/h4-9,16H,3H2,1-2H3. The second kappa shape index (κ2) is 4.26. The zero-order valence-electron chi connectivity index (χ0n) is 10.6. The summed E-state index contributed by atoms with van der Waals surface area (Å²) in [5.41, 5.74) is 4.32. The number of aryl methyl sites for hydroxylation is 2. The molecule has 90 valence electrons. The topological polar surface area (TPSA) is 41.6 Å². The molecule has 0 amide bonds. The van der Waals surface area contributed by atoms with E-state index in [0.29, 0.717) is 0 Å². The van der Waals surface area contributed by atoms with Crippen LogP contribution < -0.4 is 0 Å². The van der Waals surface area contributed by atoms with Crippen molar-refractivity contribution < 1.29 is 0 Å². The molecule has 0 bridgehead atoms. The summed E-state index contributed by atoms with van der Waals surface area (Å²) in [7, 11) is 0. The monoisotopic (exact) mass is 237 g/mol. The van der Waals surface area contributed by atoms with Gasteiger partial charge in [0.1, 0.15) is 5.82 Å². The lowest BCUT2D eigenvalue weighted by molar-refractivity contribution is 0.921. The van der Waals surface area contributed by atoms with Crippen molar-refractivity contribution in [3.63, 3.8) is 0 Å². The first kappa shape index (κ1) is 11.0. The van der Waals surface area contributed by atoms with Gasteiger partial charge in [-0.25, -0.2) is 9.97 Å². The minimum Gasteiger partial charge on any atom is -0.361 e. The van der Waals surface area contributed by atoms with E-state index in [-0.39, 0.29) is 0 Å². The summed E-state index contributed by atoms with van der Waals surface area (Å²) >= 11 is 0. The number of aromatic amines is 1. The van der Waals surface area contributed by atoms with Crippen molar-refractivity contribution in [2.45, 2.75) is 20.3 Å². The molecule has 0 fully saturated rings. The van der Waals surface area contributed by atoms with Gasteiger partial charge in [0, 0.05) is 34.8 Å². The Morgan fingerprint density at radius 2 is 2.00 bits per heavy atom. The van der Waals surface area contributed by atoms with Crippen LogP contribution in [-0.2, 0) is 6.42 Å². The molecule has 3 rings (SSSR count). The number of nitrogens with zero attached hydrogens (tertiary/aromatic N) is 2. The molecule has 0 unspecified atom stereocenters. The number of hydrogen-bond donors (Lipinski definition) is 1.